The smallest absolute Gasteiger partial charge is 0.263 e. The molecule has 7 nitrogen and oxygen atoms in total. The molecule has 120 valence electrons. The average Bonchev–Trinajstić information content (AvgIpc) is 3.08. The van der Waals surface area contributed by atoms with Gasteiger partial charge < -0.3 is 4.57 Å². The zero-order chi connectivity index (χ0) is 15.9. The van der Waals surface area contributed by atoms with E-state index in [0.29, 0.717) is 29.3 Å². The molecule has 4 rings (SSSR count). The molecule has 2 aromatic rings. The normalized spacial score (nSPS) is 20.1. The summed E-state index contributed by atoms with van der Waals surface area (Å²) in [6, 6.07) is 6.88. The molecule has 0 unspecified atom stereocenters. The SMILES string of the molecule is O=S1(=O)NC(=NCCc2nnc3n2CCCC3)c2ccccc21. The Bertz CT molecular complexity index is 885. The molecule has 2 aliphatic rings. The summed E-state index contributed by atoms with van der Waals surface area (Å²) >= 11 is 0. The van der Waals surface area contributed by atoms with Crippen LogP contribution in [0.15, 0.2) is 34.2 Å². The first-order valence-electron chi connectivity index (χ1n) is 7.73. The highest BCUT2D eigenvalue weighted by Crippen LogP contribution is 2.22. The first-order chi connectivity index (χ1) is 11.1. The van der Waals surface area contributed by atoms with Gasteiger partial charge in [-0.25, -0.2) is 8.42 Å². The van der Waals surface area contributed by atoms with Crippen molar-refractivity contribution in [3.05, 3.63) is 41.5 Å². The van der Waals surface area contributed by atoms with Crippen molar-refractivity contribution in [3.63, 3.8) is 0 Å². The van der Waals surface area contributed by atoms with Crippen molar-refractivity contribution in [2.75, 3.05) is 6.54 Å². The van der Waals surface area contributed by atoms with Gasteiger partial charge in [0.25, 0.3) is 10.0 Å². The van der Waals surface area contributed by atoms with Gasteiger partial charge in [-0.15, -0.1) is 10.2 Å². The maximum Gasteiger partial charge on any atom is 0.263 e. The third-order valence-corrected chi connectivity index (χ3v) is 5.60. The van der Waals surface area contributed by atoms with Gasteiger partial charge in [0, 0.05) is 31.5 Å². The predicted octanol–water partition coefficient (Wildman–Crippen LogP) is 0.896. The molecular weight excluding hydrogens is 314 g/mol. The second-order valence-corrected chi connectivity index (χ2v) is 7.37. The topological polar surface area (TPSA) is 89.2 Å². The fourth-order valence-corrected chi connectivity index (χ4v) is 4.32. The Morgan fingerprint density at radius 3 is 3.00 bits per heavy atom. The second-order valence-electron chi connectivity index (χ2n) is 5.72. The maximum absolute atomic E-state index is 12.0. The molecular formula is C15H17N5O2S. The number of aryl methyl sites for hydroxylation is 1. The lowest BCUT2D eigenvalue weighted by Crippen LogP contribution is -2.22. The fourth-order valence-electron chi connectivity index (χ4n) is 3.07. The molecule has 0 atom stereocenters. The molecule has 0 aliphatic carbocycles. The number of nitrogens with one attached hydrogen (secondary N) is 1. The van der Waals surface area contributed by atoms with Crippen molar-refractivity contribution in [1.82, 2.24) is 19.5 Å². The Kier molecular flexibility index (Phi) is 3.41. The second kappa shape index (κ2) is 5.45. The van der Waals surface area contributed by atoms with Gasteiger partial charge in [-0.3, -0.25) is 9.71 Å². The molecule has 1 aromatic carbocycles. The van der Waals surface area contributed by atoms with Gasteiger partial charge in [-0.2, -0.15) is 0 Å². The molecule has 0 saturated carbocycles. The molecule has 0 bridgehead atoms. The average molecular weight is 331 g/mol. The highest BCUT2D eigenvalue weighted by atomic mass is 32.2. The third kappa shape index (κ3) is 2.52. The van der Waals surface area contributed by atoms with Crippen LogP contribution in [0, 0.1) is 0 Å². The summed E-state index contributed by atoms with van der Waals surface area (Å²) in [6.45, 7) is 1.44. The minimum atomic E-state index is -3.47. The quantitative estimate of drug-likeness (QED) is 0.905. The molecule has 0 saturated heterocycles. The Morgan fingerprint density at radius 1 is 1.22 bits per heavy atom. The lowest BCUT2D eigenvalue weighted by atomic mass is 10.1. The maximum atomic E-state index is 12.0. The van der Waals surface area contributed by atoms with Crippen LogP contribution in [0.3, 0.4) is 0 Å². The molecule has 0 radical (unpaired) electrons. The van der Waals surface area contributed by atoms with Crippen LogP contribution in [-0.2, 0) is 29.4 Å². The Balaban J connectivity index is 1.53. The van der Waals surface area contributed by atoms with Crippen molar-refractivity contribution in [2.24, 2.45) is 4.99 Å². The third-order valence-electron chi connectivity index (χ3n) is 4.20. The molecule has 1 aromatic heterocycles. The van der Waals surface area contributed by atoms with Crippen molar-refractivity contribution in [3.8, 4) is 0 Å². The van der Waals surface area contributed by atoms with Gasteiger partial charge in [0.2, 0.25) is 0 Å². The zero-order valence-corrected chi connectivity index (χ0v) is 13.4. The van der Waals surface area contributed by atoms with Gasteiger partial charge in [-0.1, -0.05) is 12.1 Å². The summed E-state index contributed by atoms with van der Waals surface area (Å²) in [7, 11) is -3.47. The number of benzene rings is 1. The Morgan fingerprint density at radius 2 is 2.09 bits per heavy atom. The summed E-state index contributed by atoms with van der Waals surface area (Å²) in [6.07, 6.45) is 3.95. The first kappa shape index (κ1) is 14.4. The summed E-state index contributed by atoms with van der Waals surface area (Å²) in [5.74, 6) is 2.39. The number of aliphatic imine (C=N–C) groups is 1. The number of hydrogen-bond donors (Lipinski definition) is 1. The number of sulfonamides is 1. The van der Waals surface area contributed by atoms with Crippen LogP contribution in [0.25, 0.3) is 0 Å². The number of hydrogen-bond acceptors (Lipinski definition) is 5. The Hall–Kier alpha value is -2.22. The van der Waals surface area contributed by atoms with E-state index in [1.807, 2.05) is 6.07 Å². The van der Waals surface area contributed by atoms with Crippen LogP contribution in [0.1, 0.15) is 30.1 Å². The lowest BCUT2D eigenvalue weighted by molar-refractivity contribution is 0.507. The van der Waals surface area contributed by atoms with E-state index in [4.69, 9.17) is 0 Å². The number of fused-ring (bicyclic) bond motifs is 2. The van der Waals surface area contributed by atoms with E-state index >= 15 is 0 Å². The number of rotatable bonds is 3. The Labute approximate surface area is 134 Å². The number of nitrogens with zero attached hydrogens (tertiary/aromatic N) is 4. The van der Waals surface area contributed by atoms with Crippen LogP contribution >= 0.6 is 0 Å². The summed E-state index contributed by atoms with van der Waals surface area (Å²) in [5.41, 5.74) is 0.635. The van der Waals surface area contributed by atoms with Gasteiger partial charge in [0.1, 0.15) is 17.5 Å². The summed E-state index contributed by atoms with van der Waals surface area (Å²) in [5, 5.41) is 8.46. The monoisotopic (exact) mass is 331 g/mol. The molecule has 0 fully saturated rings. The standard InChI is InChI=1S/C15H17N5O2S/c21-23(22)12-6-2-1-5-11(12)15(19-23)16-9-8-14-18-17-13-7-3-4-10-20(13)14/h1-2,5-6H,3-4,7-10H2,(H,16,19). The first-order valence-corrected chi connectivity index (χ1v) is 9.21. The van der Waals surface area contributed by atoms with Crippen LogP contribution in [0.2, 0.25) is 0 Å². The number of aromatic nitrogens is 3. The van der Waals surface area contributed by atoms with Crippen molar-refractivity contribution in [1.29, 1.82) is 0 Å². The largest absolute Gasteiger partial charge is 0.315 e. The zero-order valence-electron chi connectivity index (χ0n) is 12.6. The van der Waals surface area contributed by atoms with E-state index in [1.54, 1.807) is 18.2 Å². The van der Waals surface area contributed by atoms with E-state index in [0.717, 1.165) is 31.0 Å². The highest BCUT2D eigenvalue weighted by molar-refractivity contribution is 7.90. The fraction of sp³-hybridized carbons (Fsp3) is 0.400. The molecule has 0 spiro atoms. The molecule has 23 heavy (non-hydrogen) atoms. The number of amidine groups is 1. The van der Waals surface area contributed by atoms with Crippen LogP contribution in [0.4, 0.5) is 0 Å². The van der Waals surface area contributed by atoms with Gasteiger partial charge in [-0.05, 0) is 25.0 Å². The van der Waals surface area contributed by atoms with E-state index in [1.165, 1.54) is 6.42 Å². The van der Waals surface area contributed by atoms with Crippen molar-refractivity contribution >= 4 is 15.9 Å². The van der Waals surface area contributed by atoms with Gasteiger partial charge in [0.15, 0.2) is 0 Å². The van der Waals surface area contributed by atoms with Gasteiger partial charge >= 0.3 is 0 Å². The van der Waals surface area contributed by atoms with Crippen molar-refractivity contribution < 1.29 is 8.42 Å². The van der Waals surface area contributed by atoms with E-state index in [9.17, 15) is 8.42 Å². The highest BCUT2D eigenvalue weighted by Gasteiger charge is 2.29. The predicted molar refractivity (Wildman–Crippen MR) is 84.8 cm³/mol. The molecule has 0 amide bonds. The molecule has 8 heteroatoms. The molecule has 3 heterocycles. The molecule has 2 aliphatic heterocycles. The summed E-state index contributed by atoms with van der Waals surface area (Å²) < 4.78 is 28.7. The van der Waals surface area contributed by atoms with Crippen molar-refractivity contribution in [2.45, 2.75) is 37.1 Å². The summed E-state index contributed by atoms with van der Waals surface area (Å²) in [4.78, 5) is 4.72. The minimum Gasteiger partial charge on any atom is -0.315 e. The molecule has 1 N–H and O–H groups in total. The van der Waals surface area contributed by atoms with E-state index in [2.05, 4.69) is 24.5 Å². The van der Waals surface area contributed by atoms with E-state index in [-0.39, 0.29) is 0 Å². The lowest BCUT2D eigenvalue weighted by Gasteiger charge is -2.14. The van der Waals surface area contributed by atoms with Gasteiger partial charge in [0.05, 0.1) is 4.90 Å². The van der Waals surface area contributed by atoms with Crippen LogP contribution in [0.5, 0.6) is 0 Å². The van der Waals surface area contributed by atoms with Crippen LogP contribution in [-0.4, -0.2) is 35.6 Å². The van der Waals surface area contributed by atoms with Crippen LogP contribution < -0.4 is 4.72 Å². The minimum absolute atomic E-state index is 0.290. The van der Waals surface area contributed by atoms with E-state index < -0.39 is 10.0 Å².